The van der Waals surface area contributed by atoms with E-state index in [-0.39, 0.29) is 28.8 Å². The van der Waals surface area contributed by atoms with Gasteiger partial charge in [-0.05, 0) is 29.8 Å². The van der Waals surface area contributed by atoms with Crippen LogP contribution >= 0.6 is 11.8 Å². The number of carbonyl (C=O) groups excluding carboxylic acids is 2. The Bertz CT molecular complexity index is 1010. The summed E-state index contributed by atoms with van der Waals surface area (Å²) in [6.07, 6.45) is -1.41. The number of nitro groups is 1. The van der Waals surface area contributed by atoms with Crippen LogP contribution in [0.5, 0.6) is 0 Å². The third-order valence-corrected chi connectivity index (χ3v) is 6.60. The van der Waals surface area contributed by atoms with Crippen molar-refractivity contribution in [2.24, 2.45) is 0 Å². The molecule has 0 aromatic heterocycles. The first kappa shape index (κ1) is 19.9. The first-order chi connectivity index (χ1) is 14.4. The molecule has 2 aromatic carbocycles. The van der Waals surface area contributed by atoms with E-state index in [1.165, 1.54) is 40.9 Å². The largest absolute Gasteiger partial charge is 0.478 e. The van der Waals surface area contributed by atoms with Gasteiger partial charge in [-0.2, -0.15) is 0 Å². The summed E-state index contributed by atoms with van der Waals surface area (Å²) >= 11 is 1.39. The summed E-state index contributed by atoms with van der Waals surface area (Å²) in [5.41, 5.74) is 0.958. The maximum absolute atomic E-state index is 13.0. The lowest BCUT2D eigenvalue weighted by molar-refractivity contribution is -0.576. The Morgan fingerprint density at radius 3 is 2.40 bits per heavy atom. The minimum absolute atomic E-state index is 0.0951. The minimum Gasteiger partial charge on any atom is -0.478 e. The molecule has 9 nitrogen and oxygen atoms in total. The van der Waals surface area contributed by atoms with Crippen LogP contribution < -0.4 is 0 Å². The second-order valence-corrected chi connectivity index (χ2v) is 8.20. The Kier molecular flexibility index (Phi) is 5.17. The lowest BCUT2D eigenvalue weighted by atomic mass is 10.00. The van der Waals surface area contributed by atoms with Crippen LogP contribution in [0.2, 0.25) is 0 Å². The summed E-state index contributed by atoms with van der Waals surface area (Å²) in [6, 6.07) is 12.9. The van der Waals surface area contributed by atoms with Gasteiger partial charge in [-0.25, -0.2) is 9.59 Å². The number of benzene rings is 2. The molecule has 154 valence electrons. The fraction of sp³-hybridized carbons (Fsp3) is 0.250. The highest BCUT2D eigenvalue weighted by Crippen LogP contribution is 2.52. The molecule has 0 radical (unpaired) electrons. The van der Waals surface area contributed by atoms with Crippen molar-refractivity contribution >= 4 is 29.6 Å². The predicted molar refractivity (Wildman–Crippen MR) is 105 cm³/mol. The van der Waals surface area contributed by atoms with E-state index in [0.717, 1.165) is 0 Å². The van der Waals surface area contributed by atoms with Crippen LogP contribution in [0.3, 0.4) is 0 Å². The molecule has 4 rings (SSSR count). The second-order valence-electron chi connectivity index (χ2n) is 6.87. The van der Waals surface area contributed by atoms with Gasteiger partial charge in [-0.3, -0.25) is 14.9 Å². The van der Waals surface area contributed by atoms with E-state index < -0.39 is 34.4 Å². The number of β-lactam (4-membered cyclic amide) rings is 1. The topological polar surface area (TPSA) is 127 Å². The fourth-order valence-electron chi connectivity index (χ4n) is 3.58. The zero-order valence-electron chi connectivity index (χ0n) is 15.4. The molecule has 1 N–H and O–H groups in total. The average molecular weight is 428 g/mol. The van der Waals surface area contributed by atoms with E-state index in [0.29, 0.717) is 5.56 Å². The minimum atomic E-state index is -1.69. The molecule has 0 saturated carbocycles. The number of hydrogen-bond acceptors (Lipinski definition) is 7. The van der Waals surface area contributed by atoms with Crippen LogP contribution in [-0.2, 0) is 14.3 Å². The number of ether oxygens (including phenoxy) is 1. The van der Waals surface area contributed by atoms with Crippen LogP contribution in [0.15, 0.2) is 54.6 Å². The molecule has 30 heavy (non-hydrogen) atoms. The molecule has 3 unspecified atom stereocenters. The number of nitrogens with zero attached hydrogens (tertiary/aromatic N) is 2. The number of esters is 1. The number of amides is 1. The third-order valence-electron chi connectivity index (χ3n) is 5.07. The predicted octanol–water partition coefficient (Wildman–Crippen LogP) is 2.62. The third kappa shape index (κ3) is 3.50. The number of hydrogen-bond donors (Lipinski definition) is 1. The van der Waals surface area contributed by atoms with Crippen LogP contribution in [0.1, 0.15) is 39.4 Å². The van der Waals surface area contributed by atoms with Crippen LogP contribution in [-0.4, -0.2) is 44.2 Å². The quantitative estimate of drug-likeness (QED) is 0.245. The van der Waals surface area contributed by atoms with Gasteiger partial charge in [0.15, 0.2) is 0 Å². The van der Waals surface area contributed by atoms with Crippen molar-refractivity contribution in [3.05, 3.63) is 81.4 Å². The molecule has 2 aliphatic rings. The molecular weight excluding hydrogens is 412 g/mol. The van der Waals surface area contributed by atoms with Crippen molar-refractivity contribution in [2.45, 2.75) is 29.3 Å². The highest BCUT2D eigenvalue weighted by molar-refractivity contribution is 8.00. The fourth-order valence-corrected chi connectivity index (χ4v) is 5.24. The number of rotatable bonds is 6. The molecule has 2 aliphatic heterocycles. The molecule has 2 aromatic rings. The standard InChI is InChI=1S/C20H16N2O7S/c23-14-10-15-21(14)16(17(30-15)11-6-8-13(9-7-11)19(24)25)20(26)29-18(22(27)28)12-4-2-1-3-5-12/h1-9,15-18H,10H2,(H,24,25)/t15-,16?,17?,18?/m0/s1. The molecule has 0 bridgehead atoms. The first-order valence-electron chi connectivity index (χ1n) is 9.05. The van der Waals surface area contributed by atoms with Crippen molar-refractivity contribution in [1.82, 2.24) is 4.90 Å². The highest BCUT2D eigenvalue weighted by Gasteiger charge is 2.56. The number of thioether (sulfide) groups is 1. The summed E-state index contributed by atoms with van der Waals surface area (Å²) in [6.45, 7) is 0. The molecule has 1 amide bonds. The second kappa shape index (κ2) is 7.79. The van der Waals surface area contributed by atoms with Crippen LogP contribution in [0, 0.1) is 10.1 Å². The number of carbonyl (C=O) groups is 3. The van der Waals surface area contributed by atoms with Gasteiger partial charge in [0.25, 0.3) is 0 Å². The molecule has 2 heterocycles. The normalized spacial score (nSPS) is 23.3. The monoisotopic (exact) mass is 428 g/mol. The van der Waals surface area contributed by atoms with E-state index in [1.807, 2.05) is 0 Å². The van der Waals surface area contributed by atoms with Crippen molar-refractivity contribution < 1.29 is 29.2 Å². The first-order valence-corrected chi connectivity index (χ1v) is 10.00. The van der Waals surface area contributed by atoms with Crippen molar-refractivity contribution in [3.8, 4) is 0 Å². The van der Waals surface area contributed by atoms with Gasteiger partial charge in [0.05, 0.1) is 33.1 Å². The molecule has 4 atom stereocenters. The summed E-state index contributed by atoms with van der Waals surface area (Å²) in [5, 5.41) is 19.9. The summed E-state index contributed by atoms with van der Waals surface area (Å²) in [7, 11) is 0. The summed E-state index contributed by atoms with van der Waals surface area (Å²) < 4.78 is 5.26. The van der Waals surface area contributed by atoms with Gasteiger partial charge in [0.1, 0.15) is 6.04 Å². The van der Waals surface area contributed by atoms with Gasteiger partial charge in [-0.1, -0.05) is 30.3 Å². The number of carboxylic acid groups (broad SMARTS) is 1. The maximum atomic E-state index is 13.0. The van der Waals surface area contributed by atoms with E-state index in [1.54, 1.807) is 30.3 Å². The Labute approximate surface area is 174 Å². The van der Waals surface area contributed by atoms with E-state index in [2.05, 4.69) is 0 Å². The molecule has 2 saturated heterocycles. The van der Waals surface area contributed by atoms with Crippen molar-refractivity contribution in [2.75, 3.05) is 0 Å². The van der Waals surface area contributed by atoms with Gasteiger partial charge in [0.2, 0.25) is 5.91 Å². The lowest BCUT2D eigenvalue weighted by Gasteiger charge is -2.36. The average Bonchev–Trinajstić information content (AvgIpc) is 3.05. The smallest absolute Gasteiger partial charge is 0.382 e. The number of carboxylic acids is 1. The number of aromatic carboxylic acids is 1. The van der Waals surface area contributed by atoms with Crippen LogP contribution in [0.4, 0.5) is 0 Å². The van der Waals surface area contributed by atoms with E-state index in [4.69, 9.17) is 9.84 Å². The van der Waals surface area contributed by atoms with Gasteiger partial charge < -0.3 is 14.7 Å². The van der Waals surface area contributed by atoms with Gasteiger partial charge >= 0.3 is 18.2 Å². The van der Waals surface area contributed by atoms with Crippen molar-refractivity contribution in [3.63, 3.8) is 0 Å². The lowest BCUT2D eigenvalue weighted by Crippen LogP contribution is -2.55. The number of fused-ring (bicyclic) bond motifs is 1. The Balaban J connectivity index is 1.61. The van der Waals surface area contributed by atoms with Crippen LogP contribution in [0.25, 0.3) is 0 Å². The van der Waals surface area contributed by atoms with Crippen molar-refractivity contribution in [1.29, 1.82) is 0 Å². The molecule has 2 fully saturated rings. The SMILES string of the molecule is O=C(O)c1ccc(C2S[C@H]3CC(=O)N3C2C(=O)OC(c2ccccc2)[N+](=O)[O-])cc1. The van der Waals surface area contributed by atoms with E-state index >= 15 is 0 Å². The van der Waals surface area contributed by atoms with Gasteiger partial charge in [0, 0.05) is 0 Å². The Morgan fingerprint density at radius 1 is 1.17 bits per heavy atom. The maximum Gasteiger partial charge on any atom is 0.382 e. The zero-order valence-corrected chi connectivity index (χ0v) is 16.2. The highest BCUT2D eigenvalue weighted by atomic mass is 32.2. The Morgan fingerprint density at radius 2 is 1.83 bits per heavy atom. The molecule has 10 heteroatoms. The van der Waals surface area contributed by atoms with E-state index in [9.17, 15) is 24.5 Å². The van der Waals surface area contributed by atoms with Gasteiger partial charge in [-0.15, -0.1) is 11.8 Å². The summed E-state index contributed by atoms with van der Waals surface area (Å²) in [4.78, 5) is 48.4. The zero-order chi connectivity index (χ0) is 21.4. The molecular formula is C20H16N2O7S. The molecule has 0 spiro atoms. The summed E-state index contributed by atoms with van der Waals surface area (Å²) in [5.74, 6) is -2.17. The Hall–Kier alpha value is -3.40. The molecule has 0 aliphatic carbocycles.